The molecule has 1 N–H and O–H groups in total. The maximum absolute atomic E-state index is 11.8. The number of rotatable bonds is 4. The SMILES string of the molecule is CC(C)[C@H](C)NC(=O)/C=C/c1ccc(C(C)(C)C)cc1. The van der Waals surface area contributed by atoms with Gasteiger partial charge in [0.2, 0.25) is 5.91 Å². The highest BCUT2D eigenvalue weighted by Crippen LogP contribution is 2.22. The Morgan fingerprint density at radius 2 is 1.65 bits per heavy atom. The van der Waals surface area contributed by atoms with Crippen LogP contribution in [-0.2, 0) is 10.2 Å². The smallest absolute Gasteiger partial charge is 0.244 e. The van der Waals surface area contributed by atoms with Crippen LogP contribution >= 0.6 is 0 Å². The molecule has 2 heteroatoms. The lowest BCUT2D eigenvalue weighted by atomic mass is 9.87. The Morgan fingerprint density at radius 3 is 2.10 bits per heavy atom. The van der Waals surface area contributed by atoms with Crippen molar-refractivity contribution in [3.05, 3.63) is 41.5 Å². The number of carbonyl (C=O) groups is 1. The molecule has 0 spiro atoms. The van der Waals surface area contributed by atoms with E-state index in [1.165, 1.54) is 5.56 Å². The quantitative estimate of drug-likeness (QED) is 0.820. The third kappa shape index (κ3) is 5.20. The van der Waals surface area contributed by atoms with E-state index in [1.54, 1.807) is 6.08 Å². The molecule has 0 bridgehead atoms. The molecule has 0 saturated carbocycles. The second-order valence-corrected chi connectivity index (χ2v) is 6.75. The molecular weight excluding hydrogens is 246 g/mol. The molecule has 110 valence electrons. The zero-order valence-corrected chi connectivity index (χ0v) is 13.5. The van der Waals surface area contributed by atoms with Gasteiger partial charge in [-0.2, -0.15) is 0 Å². The van der Waals surface area contributed by atoms with Crippen molar-refractivity contribution in [2.45, 2.75) is 53.0 Å². The van der Waals surface area contributed by atoms with Gasteiger partial charge in [0.05, 0.1) is 0 Å². The van der Waals surface area contributed by atoms with E-state index in [0.29, 0.717) is 5.92 Å². The predicted molar refractivity (Wildman–Crippen MR) is 86.6 cm³/mol. The van der Waals surface area contributed by atoms with E-state index < -0.39 is 0 Å². The standard InChI is InChI=1S/C18H27NO/c1-13(2)14(3)19-17(20)12-9-15-7-10-16(11-8-15)18(4,5)6/h7-14H,1-6H3,(H,19,20)/b12-9+/t14-/m0/s1. The Hall–Kier alpha value is -1.57. The molecular formula is C18H27NO. The first-order chi connectivity index (χ1) is 9.20. The van der Waals surface area contributed by atoms with Crippen molar-refractivity contribution in [2.75, 3.05) is 0 Å². The molecule has 1 aromatic carbocycles. The first-order valence-electron chi connectivity index (χ1n) is 7.29. The lowest BCUT2D eigenvalue weighted by Gasteiger charge is -2.18. The minimum Gasteiger partial charge on any atom is -0.350 e. The Kier molecular flexibility index (Phi) is 5.55. The second-order valence-electron chi connectivity index (χ2n) is 6.75. The van der Waals surface area contributed by atoms with Gasteiger partial charge < -0.3 is 5.32 Å². The zero-order chi connectivity index (χ0) is 15.3. The number of amides is 1. The summed E-state index contributed by atoms with van der Waals surface area (Å²) in [5.41, 5.74) is 2.50. The van der Waals surface area contributed by atoms with E-state index in [1.807, 2.05) is 13.0 Å². The molecule has 1 rings (SSSR count). The summed E-state index contributed by atoms with van der Waals surface area (Å²) in [6, 6.07) is 8.53. The number of hydrogen-bond acceptors (Lipinski definition) is 1. The van der Waals surface area contributed by atoms with Gasteiger partial charge in [-0.1, -0.05) is 58.9 Å². The van der Waals surface area contributed by atoms with Crippen LogP contribution in [0.1, 0.15) is 52.7 Å². The first-order valence-corrected chi connectivity index (χ1v) is 7.29. The Bertz CT molecular complexity index is 463. The van der Waals surface area contributed by atoms with Crippen LogP contribution in [0.15, 0.2) is 30.3 Å². The molecule has 0 unspecified atom stereocenters. The maximum atomic E-state index is 11.8. The Morgan fingerprint density at radius 1 is 1.10 bits per heavy atom. The third-order valence-electron chi connectivity index (χ3n) is 3.57. The maximum Gasteiger partial charge on any atom is 0.244 e. The number of hydrogen-bond donors (Lipinski definition) is 1. The Balaban J connectivity index is 2.65. The lowest BCUT2D eigenvalue weighted by molar-refractivity contribution is -0.117. The summed E-state index contributed by atoms with van der Waals surface area (Å²) in [6.07, 6.45) is 3.46. The molecule has 0 heterocycles. The minimum atomic E-state index is -0.0360. The highest BCUT2D eigenvalue weighted by atomic mass is 16.1. The molecule has 0 aromatic heterocycles. The van der Waals surface area contributed by atoms with Gasteiger partial charge in [-0.05, 0) is 35.5 Å². The fourth-order valence-corrected chi connectivity index (χ4v) is 1.71. The van der Waals surface area contributed by atoms with E-state index in [9.17, 15) is 4.79 Å². The molecule has 0 aliphatic heterocycles. The van der Waals surface area contributed by atoms with Crippen LogP contribution in [0, 0.1) is 5.92 Å². The predicted octanol–water partition coefficient (Wildman–Crippen LogP) is 4.16. The summed E-state index contributed by atoms with van der Waals surface area (Å²) >= 11 is 0. The minimum absolute atomic E-state index is 0.0360. The van der Waals surface area contributed by atoms with Crippen LogP contribution in [0.5, 0.6) is 0 Å². The van der Waals surface area contributed by atoms with Crippen LogP contribution in [0.25, 0.3) is 6.08 Å². The van der Waals surface area contributed by atoms with E-state index in [2.05, 4.69) is 64.2 Å². The van der Waals surface area contributed by atoms with E-state index in [-0.39, 0.29) is 17.4 Å². The largest absolute Gasteiger partial charge is 0.350 e. The van der Waals surface area contributed by atoms with Gasteiger partial charge in [-0.25, -0.2) is 0 Å². The van der Waals surface area contributed by atoms with Gasteiger partial charge in [0.1, 0.15) is 0 Å². The van der Waals surface area contributed by atoms with Crippen molar-refractivity contribution >= 4 is 12.0 Å². The summed E-state index contributed by atoms with van der Waals surface area (Å²) in [7, 11) is 0. The molecule has 0 saturated heterocycles. The summed E-state index contributed by atoms with van der Waals surface area (Å²) in [5.74, 6) is 0.407. The van der Waals surface area contributed by atoms with E-state index >= 15 is 0 Å². The van der Waals surface area contributed by atoms with Gasteiger partial charge in [0.25, 0.3) is 0 Å². The number of carbonyl (C=O) groups excluding carboxylic acids is 1. The third-order valence-corrected chi connectivity index (χ3v) is 3.57. The average molecular weight is 273 g/mol. The van der Waals surface area contributed by atoms with Gasteiger partial charge in [-0.15, -0.1) is 0 Å². The number of benzene rings is 1. The van der Waals surface area contributed by atoms with E-state index in [4.69, 9.17) is 0 Å². The molecule has 2 nitrogen and oxygen atoms in total. The zero-order valence-electron chi connectivity index (χ0n) is 13.5. The molecule has 20 heavy (non-hydrogen) atoms. The van der Waals surface area contributed by atoms with Crippen molar-refractivity contribution < 1.29 is 4.79 Å². The van der Waals surface area contributed by atoms with Crippen molar-refractivity contribution in [2.24, 2.45) is 5.92 Å². The average Bonchev–Trinajstić information content (AvgIpc) is 2.35. The summed E-state index contributed by atoms with van der Waals surface area (Å²) in [4.78, 5) is 11.8. The normalized spacial score (nSPS) is 13.8. The van der Waals surface area contributed by atoms with Gasteiger partial charge in [-0.3, -0.25) is 4.79 Å². The molecule has 0 aliphatic rings. The van der Waals surface area contributed by atoms with Crippen molar-refractivity contribution in [3.63, 3.8) is 0 Å². The van der Waals surface area contributed by atoms with Crippen LogP contribution < -0.4 is 5.32 Å². The summed E-state index contributed by atoms with van der Waals surface area (Å²) in [5, 5.41) is 2.96. The monoisotopic (exact) mass is 273 g/mol. The van der Waals surface area contributed by atoms with Crippen molar-refractivity contribution in [1.29, 1.82) is 0 Å². The highest BCUT2D eigenvalue weighted by Gasteiger charge is 2.12. The molecule has 0 aliphatic carbocycles. The van der Waals surface area contributed by atoms with Crippen LogP contribution in [0.3, 0.4) is 0 Å². The molecule has 1 aromatic rings. The fourth-order valence-electron chi connectivity index (χ4n) is 1.71. The number of nitrogens with one attached hydrogen (secondary N) is 1. The van der Waals surface area contributed by atoms with E-state index in [0.717, 1.165) is 5.56 Å². The second kappa shape index (κ2) is 6.74. The lowest BCUT2D eigenvalue weighted by Crippen LogP contribution is -2.34. The van der Waals surface area contributed by atoms with Crippen molar-refractivity contribution in [3.8, 4) is 0 Å². The summed E-state index contributed by atoms with van der Waals surface area (Å²) < 4.78 is 0. The van der Waals surface area contributed by atoms with Crippen LogP contribution in [0.2, 0.25) is 0 Å². The van der Waals surface area contributed by atoms with Gasteiger partial charge >= 0.3 is 0 Å². The first kappa shape index (κ1) is 16.5. The van der Waals surface area contributed by atoms with Gasteiger partial charge in [0, 0.05) is 12.1 Å². The molecule has 0 radical (unpaired) electrons. The Labute approximate surface area is 123 Å². The molecule has 1 amide bonds. The van der Waals surface area contributed by atoms with Crippen LogP contribution in [0.4, 0.5) is 0 Å². The highest BCUT2D eigenvalue weighted by molar-refractivity contribution is 5.91. The van der Waals surface area contributed by atoms with Gasteiger partial charge in [0.15, 0.2) is 0 Å². The fraction of sp³-hybridized carbons (Fsp3) is 0.500. The molecule has 1 atom stereocenters. The molecule has 0 fully saturated rings. The van der Waals surface area contributed by atoms with Crippen LogP contribution in [-0.4, -0.2) is 11.9 Å². The topological polar surface area (TPSA) is 29.1 Å². The summed E-state index contributed by atoms with van der Waals surface area (Å²) in [6.45, 7) is 12.8. The van der Waals surface area contributed by atoms with Crippen molar-refractivity contribution in [1.82, 2.24) is 5.32 Å².